The van der Waals surface area contributed by atoms with E-state index >= 15 is 0 Å². The smallest absolute Gasteiger partial charge is 0.259 e. The minimum atomic E-state index is -0.0325. The van der Waals surface area contributed by atoms with Crippen LogP contribution >= 0.6 is 0 Å². The first-order valence-corrected chi connectivity index (χ1v) is 5.43. The molecule has 3 nitrogen and oxygen atoms in total. The number of hydrogen-bond acceptors (Lipinski definition) is 2. The van der Waals surface area contributed by atoms with Gasteiger partial charge in [-0.05, 0) is 23.6 Å². The third kappa shape index (κ3) is 3.57. The standard InChI is InChI=1S/C13H19NO2/c1-10(2)11-6-5-7-12(8-11)16-9-13(15)14(3)4/h5-8,10H,9H2,1-4H3. The van der Waals surface area contributed by atoms with Crippen LogP contribution in [0.1, 0.15) is 25.3 Å². The molecule has 16 heavy (non-hydrogen) atoms. The van der Waals surface area contributed by atoms with Crippen LogP contribution in [0.2, 0.25) is 0 Å². The molecular weight excluding hydrogens is 202 g/mol. The van der Waals surface area contributed by atoms with Gasteiger partial charge in [-0.3, -0.25) is 4.79 Å². The largest absolute Gasteiger partial charge is 0.484 e. The molecule has 88 valence electrons. The fraction of sp³-hybridized carbons (Fsp3) is 0.462. The molecule has 0 N–H and O–H groups in total. The van der Waals surface area contributed by atoms with E-state index in [0.29, 0.717) is 5.92 Å². The van der Waals surface area contributed by atoms with Gasteiger partial charge < -0.3 is 9.64 Å². The molecule has 0 saturated heterocycles. The van der Waals surface area contributed by atoms with Crippen LogP contribution in [-0.2, 0) is 4.79 Å². The summed E-state index contributed by atoms with van der Waals surface area (Å²) in [4.78, 5) is 12.9. The summed E-state index contributed by atoms with van der Waals surface area (Å²) in [6, 6.07) is 7.86. The van der Waals surface area contributed by atoms with Crippen molar-refractivity contribution in [3.63, 3.8) is 0 Å². The van der Waals surface area contributed by atoms with Crippen LogP contribution < -0.4 is 4.74 Å². The zero-order valence-corrected chi connectivity index (χ0v) is 10.4. The van der Waals surface area contributed by atoms with Gasteiger partial charge >= 0.3 is 0 Å². The second-order valence-electron chi connectivity index (χ2n) is 4.30. The van der Waals surface area contributed by atoms with Gasteiger partial charge in [0.2, 0.25) is 0 Å². The van der Waals surface area contributed by atoms with Crippen LogP contribution in [-0.4, -0.2) is 31.5 Å². The van der Waals surface area contributed by atoms with Crippen LogP contribution in [0.4, 0.5) is 0 Å². The zero-order chi connectivity index (χ0) is 12.1. The minimum Gasteiger partial charge on any atom is -0.484 e. The fourth-order valence-electron chi connectivity index (χ4n) is 1.24. The lowest BCUT2D eigenvalue weighted by Gasteiger charge is -2.12. The number of carbonyl (C=O) groups excluding carboxylic acids is 1. The van der Waals surface area contributed by atoms with Gasteiger partial charge in [-0.15, -0.1) is 0 Å². The van der Waals surface area contributed by atoms with E-state index in [4.69, 9.17) is 4.74 Å². The minimum absolute atomic E-state index is 0.0325. The summed E-state index contributed by atoms with van der Waals surface area (Å²) < 4.78 is 5.43. The van der Waals surface area contributed by atoms with Crippen LogP contribution in [0.15, 0.2) is 24.3 Å². The molecule has 1 aromatic rings. The molecule has 0 aliphatic carbocycles. The van der Waals surface area contributed by atoms with E-state index in [1.807, 2.05) is 18.2 Å². The van der Waals surface area contributed by atoms with Crippen molar-refractivity contribution in [1.82, 2.24) is 4.90 Å². The predicted octanol–water partition coefficient (Wildman–Crippen LogP) is 2.28. The summed E-state index contributed by atoms with van der Waals surface area (Å²) in [7, 11) is 3.44. The van der Waals surface area contributed by atoms with Crippen molar-refractivity contribution in [2.45, 2.75) is 19.8 Å². The topological polar surface area (TPSA) is 29.5 Å². The van der Waals surface area contributed by atoms with Crippen LogP contribution in [0.25, 0.3) is 0 Å². The Bertz CT molecular complexity index is 359. The molecular formula is C13H19NO2. The number of ether oxygens (including phenoxy) is 1. The third-order valence-electron chi connectivity index (χ3n) is 2.39. The van der Waals surface area contributed by atoms with Gasteiger partial charge in [0, 0.05) is 14.1 Å². The second kappa shape index (κ2) is 5.54. The molecule has 1 rings (SSSR count). The average molecular weight is 221 g/mol. The van der Waals surface area contributed by atoms with Crippen molar-refractivity contribution in [1.29, 1.82) is 0 Å². The van der Waals surface area contributed by atoms with Gasteiger partial charge in [0.1, 0.15) is 5.75 Å². The Morgan fingerprint density at radius 1 is 1.38 bits per heavy atom. The molecule has 0 fully saturated rings. The van der Waals surface area contributed by atoms with Gasteiger partial charge in [-0.25, -0.2) is 0 Å². The maximum Gasteiger partial charge on any atom is 0.259 e. The number of carbonyl (C=O) groups is 1. The van der Waals surface area contributed by atoms with E-state index < -0.39 is 0 Å². The molecule has 0 heterocycles. The first-order valence-electron chi connectivity index (χ1n) is 5.43. The third-order valence-corrected chi connectivity index (χ3v) is 2.39. The Balaban J connectivity index is 2.61. The van der Waals surface area contributed by atoms with Gasteiger partial charge in [-0.2, -0.15) is 0 Å². The van der Waals surface area contributed by atoms with Gasteiger partial charge in [0.05, 0.1) is 0 Å². The first kappa shape index (κ1) is 12.6. The molecule has 0 aliphatic heterocycles. The summed E-state index contributed by atoms with van der Waals surface area (Å²) in [6.45, 7) is 4.35. The highest BCUT2D eigenvalue weighted by molar-refractivity contribution is 5.77. The van der Waals surface area contributed by atoms with Crippen molar-refractivity contribution >= 4 is 5.91 Å². The molecule has 1 amide bonds. The van der Waals surface area contributed by atoms with Crippen LogP contribution in [0.3, 0.4) is 0 Å². The van der Waals surface area contributed by atoms with Gasteiger partial charge in [-0.1, -0.05) is 26.0 Å². The Morgan fingerprint density at radius 2 is 2.06 bits per heavy atom. The summed E-state index contributed by atoms with van der Waals surface area (Å²) in [6.07, 6.45) is 0. The Kier molecular flexibility index (Phi) is 4.35. The summed E-state index contributed by atoms with van der Waals surface area (Å²) in [5.41, 5.74) is 1.22. The second-order valence-corrected chi connectivity index (χ2v) is 4.30. The van der Waals surface area contributed by atoms with Crippen molar-refractivity contribution in [2.24, 2.45) is 0 Å². The van der Waals surface area contributed by atoms with Gasteiger partial charge in [0.25, 0.3) is 5.91 Å². The normalized spacial score (nSPS) is 10.3. The zero-order valence-electron chi connectivity index (χ0n) is 10.4. The summed E-state index contributed by atoms with van der Waals surface area (Å²) >= 11 is 0. The molecule has 0 aliphatic rings. The predicted molar refractivity (Wildman–Crippen MR) is 64.7 cm³/mol. The fourth-order valence-corrected chi connectivity index (χ4v) is 1.24. The quantitative estimate of drug-likeness (QED) is 0.780. The summed E-state index contributed by atoms with van der Waals surface area (Å²) in [5, 5.41) is 0. The highest BCUT2D eigenvalue weighted by Crippen LogP contribution is 2.19. The Labute approximate surface area is 97.0 Å². The molecule has 0 atom stereocenters. The lowest BCUT2D eigenvalue weighted by Crippen LogP contribution is -2.27. The molecule has 0 spiro atoms. The van der Waals surface area contributed by atoms with E-state index in [0.717, 1.165) is 5.75 Å². The molecule has 0 unspecified atom stereocenters. The highest BCUT2D eigenvalue weighted by Gasteiger charge is 2.06. The van der Waals surface area contributed by atoms with E-state index in [9.17, 15) is 4.79 Å². The van der Waals surface area contributed by atoms with Gasteiger partial charge in [0.15, 0.2) is 6.61 Å². The van der Waals surface area contributed by atoms with Crippen LogP contribution in [0.5, 0.6) is 5.75 Å². The molecule has 0 radical (unpaired) electrons. The lowest BCUT2D eigenvalue weighted by atomic mass is 10.0. The average Bonchev–Trinajstić information content (AvgIpc) is 2.26. The lowest BCUT2D eigenvalue weighted by molar-refractivity contribution is -0.130. The number of likely N-dealkylation sites (N-methyl/N-ethyl adjacent to an activating group) is 1. The highest BCUT2D eigenvalue weighted by atomic mass is 16.5. The number of rotatable bonds is 4. The molecule has 0 aromatic heterocycles. The van der Waals surface area contributed by atoms with E-state index in [-0.39, 0.29) is 12.5 Å². The molecule has 0 saturated carbocycles. The maximum atomic E-state index is 11.3. The number of benzene rings is 1. The molecule has 0 bridgehead atoms. The van der Waals surface area contributed by atoms with Crippen molar-refractivity contribution < 1.29 is 9.53 Å². The van der Waals surface area contributed by atoms with Crippen molar-refractivity contribution in [3.8, 4) is 5.75 Å². The molecule has 1 aromatic carbocycles. The summed E-state index contributed by atoms with van der Waals surface area (Å²) in [5.74, 6) is 1.18. The van der Waals surface area contributed by atoms with Crippen molar-refractivity contribution in [3.05, 3.63) is 29.8 Å². The van der Waals surface area contributed by atoms with Crippen LogP contribution in [0, 0.1) is 0 Å². The molecule has 3 heteroatoms. The van der Waals surface area contributed by atoms with E-state index in [1.54, 1.807) is 14.1 Å². The van der Waals surface area contributed by atoms with Crippen molar-refractivity contribution in [2.75, 3.05) is 20.7 Å². The number of hydrogen-bond donors (Lipinski definition) is 0. The Morgan fingerprint density at radius 3 is 2.62 bits per heavy atom. The number of nitrogens with zero attached hydrogens (tertiary/aromatic N) is 1. The number of amides is 1. The first-order chi connectivity index (χ1) is 7.50. The maximum absolute atomic E-state index is 11.3. The Hall–Kier alpha value is -1.51. The van der Waals surface area contributed by atoms with E-state index in [1.165, 1.54) is 10.5 Å². The SMILES string of the molecule is CC(C)c1cccc(OCC(=O)N(C)C)c1. The van der Waals surface area contributed by atoms with E-state index in [2.05, 4.69) is 19.9 Å². The monoisotopic (exact) mass is 221 g/mol.